The van der Waals surface area contributed by atoms with E-state index in [1.165, 1.54) is 24.3 Å². The van der Waals surface area contributed by atoms with Crippen molar-refractivity contribution in [3.05, 3.63) is 22.4 Å². The van der Waals surface area contributed by atoms with Gasteiger partial charge in [0.05, 0.1) is 0 Å². The molecule has 1 aromatic rings. The highest BCUT2D eigenvalue weighted by Gasteiger charge is 2.23. The molecular weight excluding hydrogens is 204 g/mol. The summed E-state index contributed by atoms with van der Waals surface area (Å²) in [4.78, 5) is 4.12. The van der Waals surface area contributed by atoms with Gasteiger partial charge in [0.1, 0.15) is 0 Å². The number of nitrogens with one attached hydrogen (secondary N) is 1. The first-order chi connectivity index (χ1) is 7.40. The van der Waals surface area contributed by atoms with Crippen LogP contribution in [0.1, 0.15) is 24.6 Å². The first-order valence-electron chi connectivity index (χ1n) is 5.87. The molecular formula is C12H20N2S. The maximum atomic E-state index is 3.46. The van der Waals surface area contributed by atoms with Gasteiger partial charge in [-0.05, 0) is 37.4 Å². The van der Waals surface area contributed by atoms with Gasteiger partial charge in [0, 0.05) is 24.0 Å². The lowest BCUT2D eigenvalue weighted by molar-refractivity contribution is 0.242. The van der Waals surface area contributed by atoms with Crippen LogP contribution in [0, 0.1) is 0 Å². The van der Waals surface area contributed by atoms with Crippen molar-refractivity contribution in [3.63, 3.8) is 0 Å². The van der Waals surface area contributed by atoms with Gasteiger partial charge in [0.15, 0.2) is 0 Å². The Bertz CT molecular complexity index is 271. The number of nitrogens with zero attached hydrogens (tertiary/aromatic N) is 1. The van der Waals surface area contributed by atoms with E-state index in [2.05, 4.69) is 34.7 Å². The lowest BCUT2D eigenvalue weighted by Crippen LogP contribution is -2.37. The molecule has 1 fully saturated rings. The van der Waals surface area contributed by atoms with Crippen molar-refractivity contribution in [2.75, 3.05) is 19.6 Å². The molecule has 84 valence electrons. The zero-order valence-corrected chi connectivity index (χ0v) is 10.2. The minimum atomic E-state index is 0.757. The Hall–Kier alpha value is -0.380. The van der Waals surface area contributed by atoms with Gasteiger partial charge in [-0.2, -0.15) is 0 Å². The van der Waals surface area contributed by atoms with Crippen LogP contribution in [-0.2, 0) is 6.54 Å². The molecule has 0 bridgehead atoms. The van der Waals surface area contributed by atoms with E-state index in [9.17, 15) is 0 Å². The number of hydrogen-bond donors (Lipinski definition) is 1. The second-order valence-corrected chi connectivity index (χ2v) is 5.19. The zero-order valence-electron chi connectivity index (χ0n) is 9.41. The van der Waals surface area contributed by atoms with Crippen LogP contribution < -0.4 is 5.32 Å². The molecule has 15 heavy (non-hydrogen) atoms. The number of hydrogen-bond acceptors (Lipinski definition) is 3. The second kappa shape index (κ2) is 5.64. The predicted molar refractivity (Wildman–Crippen MR) is 66.3 cm³/mol. The summed E-state index contributed by atoms with van der Waals surface area (Å²) in [5.41, 5.74) is 0. The van der Waals surface area contributed by atoms with E-state index in [4.69, 9.17) is 0 Å². The quantitative estimate of drug-likeness (QED) is 0.826. The Morgan fingerprint density at radius 1 is 1.60 bits per heavy atom. The van der Waals surface area contributed by atoms with Crippen molar-refractivity contribution in [1.82, 2.24) is 10.2 Å². The minimum absolute atomic E-state index is 0.757. The third-order valence-electron chi connectivity index (χ3n) is 3.07. The Morgan fingerprint density at radius 2 is 2.53 bits per heavy atom. The van der Waals surface area contributed by atoms with Gasteiger partial charge in [0.2, 0.25) is 0 Å². The monoisotopic (exact) mass is 224 g/mol. The molecule has 0 aliphatic carbocycles. The average molecular weight is 224 g/mol. The van der Waals surface area contributed by atoms with E-state index in [0.717, 1.165) is 25.7 Å². The molecule has 1 aromatic heterocycles. The van der Waals surface area contributed by atoms with Crippen LogP contribution in [0.15, 0.2) is 17.5 Å². The molecule has 1 aliphatic rings. The third kappa shape index (κ3) is 3.03. The van der Waals surface area contributed by atoms with E-state index in [1.54, 1.807) is 0 Å². The average Bonchev–Trinajstić information content (AvgIpc) is 2.87. The van der Waals surface area contributed by atoms with E-state index >= 15 is 0 Å². The van der Waals surface area contributed by atoms with E-state index in [-0.39, 0.29) is 0 Å². The minimum Gasteiger partial charge on any atom is -0.315 e. The Balaban J connectivity index is 1.85. The first-order valence-corrected chi connectivity index (χ1v) is 6.75. The molecule has 1 aliphatic heterocycles. The molecule has 0 spiro atoms. The molecule has 2 nitrogen and oxygen atoms in total. The van der Waals surface area contributed by atoms with Gasteiger partial charge in [-0.1, -0.05) is 13.0 Å². The van der Waals surface area contributed by atoms with Gasteiger partial charge in [-0.3, -0.25) is 4.90 Å². The smallest absolute Gasteiger partial charge is 0.0331 e. The van der Waals surface area contributed by atoms with Gasteiger partial charge in [-0.25, -0.2) is 0 Å². The molecule has 2 rings (SSSR count). The molecule has 0 aromatic carbocycles. The fraction of sp³-hybridized carbons (Fsp3) is 0.667. The van der Waals surface area contributed by atoms with Crippen LogP contribution in [0.25, 0.3) is 0 Å². The molecule has 1 unspecified atom stereocenters. The standard InChI is InChI=1S/C12H20N2S/c1-2-13-9-11-5-3-7-14(11)10-12-6-4-8-15-12/h4,6,8,11,13H,2-3,5,7,9-10H2,1H3. The highest BCUT2D eigenvalue weighted by Crippen LogP contribution is 2.21. The summed E-state index contributed by atoms with van der Waals surface area (Å²) in [6, 6.07) is 5.15. The first kappa shape index (κ1) is 11.1. The van der Waals surface area contributed by atoms with Crippen molar-refractivity contribution in [1.29, 1.82) is 0 Å². The Kier molecular flexibility index (Phi) is 4.18. The molecule has 0 radical (unpaired) electrons. The van der Waals surface area contributed by atoms with Crippen molar-refractivity contribution in [3.8, 4) is 0 Å². The summed E-state index contributed by atoms with van der Waals surface area (Å²) in [5.74, 6) is 0. The largest absolute Gasteiger partial charge is 0.315 e. The molecule has 1 saturated heterocycles. The topological polar surface area (TPSA) is 15.3 Å². The predicted octanol–water partition coefficient (Wildman–Crippen LogP) is 2.32. The SMILES string of the molecule is CCNCC1CCCN1Cc1cccs1. The number of thiophene rings is 1. The number of likely N-dealkylation sites (N-methyl/N-ethyl adjacent to an activating group) is 1. The summed E-state index contributed by atoms with van der Waals surface area (Å²) in [6.07, 6.45) is 2.72. The van der Waals surface area contributed by atoms with E-state index < -0.39 is 0 Å². The van der Waals surface area contributed by atoms with Crippen LogP contribution in [0.5, 0.6) is 0 Å². The summed E-state index contributed by atoms with van der Waals surface area (Å²) in [7, 11) is 0. The van der Waals surface area contributed by atoms with E-state index in [1.807, 2.05) is 11.3 Å². The maximum Gasteiger partial charge on any atom is 0.0331 e. The molecule has 3 heteroatoms. The molecule has 0 amide bonds. The Morgan fingerprint density at radius 3 is 3.27 bits per heavy atom. The molecule has 1 atom stereocenters. The fourth-order valence-corrected chi connectivity index (χ4v) is 2.98. The highest BCUT2D eigenvalue weighted by atomic mass is 32.1. The van der Waals surface area contributed by atoms with Crippen molar-refractivity contribution in [2.24, 2.45) is 0 Å². The van der Waals surface area contributed by atoms with Crippen LogP contribution in [0.2, 0.25) is 0 Å². The second-order valence-electron chi connectivity index (χ2n) is 4.15. The van der Waals surface area contributed by atoms with Crippen LogP contribution in [0.3, 0.4) is 0 Å². The highest BCUT2D eigenvalue weighted by molar-refractivity contribution is 7.09. The van der Waals surface area contributed by atoms with E-state index in [0.29, 0.717) is 0 Å². The van der Waals surface area contributed by atoms with Crippen molar-refractivity contribution >= 4 is 11.3 Å². The van der Waals surface area contributed by atoms with Gasteiger partial charge in [-0.15, -0.1) is 11.3 Å². The number of rotatable bonds is 5. The molecule has 2 heterocycles. The lowest BCUT2D eigenvalue weighted by atomic mass is 10.2. The normalized spacial score (nSPS) is 22.3. The van der Waals surface area contributed by atoms with Crippen molar-refractivity contribution < 1.29 is 0 Å². The summed E-state index contributed by atoms with van der Waals surface area (Å²) in [6.45, 7) is 6.84. The maximum absolute atomic E-state index is 3.46. The zero-order chi connectivity index (χ0) is 10.5. The summed E-state index contributed by atoms with van der Waals surface area (Å²) >= 11 is 1.87. The Labute approximate surface area is 96.3 Å². The summed E-state index contributed by atoms with van der Waals surface area (Å²) < 4.78 is 0. The fourth-order valence-electron chi connectivity index (χ4n) is 2.25. The molecule has 0 saturated carbocycles. The van der Waals surface area contributed by atoms with Gasteiger partial charge in [0.25, 0.3) is 0 Å². The lowest BCUT2D eigenvalue weighted by Gasteiger charge is -2.23. The van der Waals surface area contributed by atoms with Crippen LogP contribution in [0.4, 0.5) is 0 Å². The third-order valence-corrected chi connectivity index (χ3v) is 3.93. The molecule has 1 N–H and O–H groups in total. The van der Waals surface area contributed by atoms with Gasteiger partial charge < -0.3 is 5.32 Å². The van der Waals surface area contributed by atoms with Gasteiger partial charge >= 0.3 is 0 Å². The number of likely N-dealkylation sites (tertiary alicyclic amines) is 1. The van der Waals surface area contributed by atoms with Crippen LogP contribution in [-0.4, -0.2) is 30.6 Å². The summed E-state index contributed by atoms with van der Waals surface area (Å²) in [5, 5.41) is 5.63. The van der Waals surface area contributed by atoms with Crippen molar-refractivity contribution in [2.45, 2.75) is 32.4 Å². The van der Waals surface area contributed by atoms with Crippen LogP contribution >= 0.6 is 11.3 Å².